The van der Waals surface area contributed by atoms with Gasteiger partial charge in [-0.25, -0.2) is 9.59 Å². The van der Waals surface area contributed by atoms with E-state index in [2.05, 4.69) is 15.4 Å². The fraction of sp³-hybridized carbons (Fsp3) is 0.500. The first kappa shape index (κ1) is 16.3. The summed E-state index contributed by atoms with van der Waals surface area (Å²) in [4.78, 5) is 23.4. The minimum atomic E-state index is -0.603. The molecule has 1 aromatic carbocycles. The van der Waals surface area contributed by atoms with E-state index in [0.717, 1.165) is 24.8 Å². The summed E-state index contributed by atoms with van der Waals surface area (Å²) in [7, 11) is 1.31. The topological polar surface area (TPSA) is 87.7 Å². The molecule has 1 aliphatic rings. The Morgan fingerprint density at radius 2 is 2.09 bits per heavy atom. The van der Waals surface area contributed by atoms with Crippen LogP contribution in [-0.2, 0) is 4.74 Å². The molecular weight excluding hydrogens is 284 g/mol. The lowest BCUT2D eigenvalue weighted by molar-refractivity contribution is -0.0388. The maximum Gasteiger partial charge on any atom is 0.337 e. The van der Waals surface area contributed by atoms with Crippen molar-refractivity contribution in [1.82, 2.24) is 5.32 Å². The Labute approximate surface area is 129 Å². The molecule has 3 N–H and O–H groups in total. The third-order valence-electron chi connectivity index (χ3n) is 4.07. The molecule has 0 spiro atoms. The van der Waals surface area contributed by atoms with Crippen LogP contribution in [0.5, 0.6) is 0 Å². The molecule has 1 fully saturated rings. The number of anilines is 1. The van der Waals surface area contributed by atoms with E-state index in [1.807, 2.05) is 6.92 Å². The number of aryl methyl sites for hydroxylation is 1. The zero-order valence-electron chi connectivity index (χ0n) is 12.9. The molecule has 0 unspecified atom stereocenters. The molecule has 2 rings (SSSR count). The number of aliphatic hydroxyl groups is 1. The van der Waals surface area contributed by atoms with Crippen LogP contribution in [0.4, 0.5) is 10.5 Å². The van der Waals surface area contributed by atoms with Crippen molar-refractivity contribution in [2.45, 2.75) is 38.2 Å². The highest BCUT2D eigenvalue weighted by atomic mass is 16.5. The van der Waals surface area contributed by atoms with Gasteiger partial charge in [-0.2, -0.15) is 0 Å². The van der Waals surface area contributed by atoms with Crippen molar-refractivity contribution < 1.29 is 19.4 Å². The van der Waals surface area contributed by atoms with Gasteiger partial charge in [0.05, 0.1) is 18.3 Å². The molecule has 2 amide bonds. The molecule has 0 aromatic heterocycles. The summed E-state index contributed by atoms with van der Waals surface area (Å²) in [6.07, 6.45) is 3.21. The third kappa shape index (κ3) is 3.98. The third-order valence-corrected chi connectivity index (χ3v) is 4.07. The van der Waals surface area contributed by atoms with Crippen molar-refractivity contribution >= 4 is 17.7 Å². The minimum Gasteiger partial charge on any atom is -0.465 e. The Hall–Kier alpha value is -2.08. The van der Waals surface area contributed by atoms with Crippen LogP contribution in [0, 0.1) is 6.92 Å². The van der Waals surface area contributed by atoms with Gasteiger partial charge in [-0.15, -0.1) is 0 Å². The fourth-order valence-electron chi connectivity index (χ4n) is 2.41. The van der Waals surface area contributed by atoms with Crippen LogP contribution in [0.25, 0.3) is 0 Å². The maximum absolute atomic E-state index is 11.9. The number of rotatable bonds is 5. The Morgan fingerprint density at radius 3 is 2.68 bits per heavy atom. The summed E-state index contributed by atoms with van der Waals surface area (Å²) in [6.45, 7) is 2.26. The molecule has 22 heavy (non-hydrogen) atoms. The number of carbonyl (C=O) groups excluding carboxylic acids is 2. The summed E-state index contributed by atoms with van der Waals surface area (Å²) in [6, 6.07) is 4.63. The predicted octanol–water partition coefficient (Wildman–Crippen LogP) is 2.21. The van der Waals surface area contributed by atoms with Gasteiger partial charge in [-0.1, -0.05) is 6.07 Å². The number of esters is 1. The van der Waals surface area contributed by atoms with Gasteiger partial charge in [0.2, 0.25) is 0 Å². The van der Waals surface area contributed by atoms with Crippen molar-refractivity contribution in [2.75, 3.05) is 19.0 Å². The zero-order valence-corrected chi connectivity index (χ0v) is 12.9. The van der Waals surface area contributed by atoms with E-state index in [1.165, 1.54) is 7.11 Å². The van der Waals surface area contributed by atoms with E-state index in [-0.39, 0.29) is 6.03 Å². The van der Waals surface area contributed by atoms with Crippen molar-refractivity contribution in [1.29, 1.82) is 0 Å². The van der Waals surface area contributed by atoms with Crippen LogP contribution in [-0.4, -0.2) is 36.4 Å². The number of ether oxygens (including phenoxy) is 1. The lowest BCUT2D eigenvalue weighted by Gasteiger charge is -2.36. The molecule has 0 aliphatic heterocycles. The zero-order chi connectivity index (χ0) is 16.2. The molecule has 1 aliphatic carbocycles. The first-order valence-corrected chi connectivity index (χ1v) is 7.40. The fourth-order valence-corrected chi connectivity index (χ4v) is 2.41. The quantitative estimate of drug-likeness (QED) is 0.728. The van der Waals surface area contributed by atoms with Gasteiger partial charge in [0.25, 0.3) is 0 Å². The van der Waals surface area contributed by atoms with Gasteiger partial charge in [0.15, 0.2) is 0 Å². The van der Waals surface area contributed by atoms with Gasteiger partial charge in [-0.3, -0.25) is 0 Å². The molecule has 6 nitrogen and oxygen atoms in total. The van der Waals surface area contributed by atoms with Crippen LogP contribution in [0.15, 0.2) is 18.2 Å². The van der Waals surface area contributed by atoms with Crippen LogP contribution >= 0.6 is 0 Å². The molecule has 1 saturated carbocycles. The van der Waals surface area contributed by atoms with Crippen LogP contribution < -0.4 is 10.6 Å². The highest BCUT2D eigenvalue weighted by molar-refractivity contribution is 5.94. The number of carbonyl (C=O) groups is 2. The molecule has 0 heterocycles. The monoisotopic (exact) mass is 306 g/mol. The van der Waals surface area contributed by atoms with E-state index in [0.29, 0.717) is 24.2 Å². The smallest absolute Gasteiger partial charge is 0.337 e. The summed E-state index contributed by atoms with van der Waals surface area (Å²) < 4.78 is 4.66. The number of urea groups is 1. The molecule has 0 bridgehead atoms. The number of hydrogen-bond donors (Lipinski definition) is 3. The highest BCUT2D eigenvalue weighted by Gasteiger charge is 2.33. The Bertz CT molecular complexity index is 567. The predicted molar refractivity (Wildman–Crippen MR) is 83.0 cm³/mol. The number of methoxy groups -OCH3 is 1. The molecule has 0 atom stereocenters. The number of amides is 2. The molecule has 6 heteroatoms. The Morgan fingerprint density at radius 1 is 1.36 bits per heavy atom. The summed E-state index contributed by atoms with van der Waals surface area (Å²) in [5, 5.41) is 15.4. The molecule has 0 radical (unpaired) electrons. The van der Waals surface area contributed by atoms with E-state index < -0.39 is 11.6 Å². The number of hydrogen-bond acceptors (Lipinski definition) is 4. The lowest BCUT2D eigenvalue weighted by Crippen LogP contribution is -2.41. The second-order valence-corrected chi connectivity index (χ2v) is 5.73. The highest BCUT2D eigenvalue weighted by Crippen LogP contribution is 2.34. The van der Waals surface area contributed by atoms with Gasteiger partial charge >= 0.3 is 12.0 Å². The van der Waals surface area contributed by atoms with Gasteiger partial charge < -0.3 is 20.5 Å². The standard InChI is InChI=1S/C16H22N2O4/c1-11-4-5-12(14(19)22-2)10-13(11)18-15(20)17-9-8-16(21)6-3-7-16/h4-5,10,21H,3,6-9H2,1-2H3,(H2,17,18,20). The van der Waals surface area contributed by atoms with E-state index >= 15 is 0 Å². The van der Waals surface area contributed by atoms with Crippen molar-refractivity contribution in [2.24, 2.45) is 0 Å². The maximum atomic E-state index is 11.9. The minimum absolute atomic E-state index is 0.354. The Balaban J connectivity index is 1.88. The lowest BCUT2D eigenvalue weighted by atomic mass is 9.78. The SMILES string of the molecule is COC(=O)c1ccc(C)c(NC(=O)NCCC2(O)CCC2)c1. The summed E-state index contributed by atoms with van der Waals surface area (Å²) >= 11 is 0. The van der Waals surface area contributed by atoms with Gasteiger partial charge in [0, 0.05) is 12.2 Å². The first-order valence-electron chi connectivity index (χ1n) is 7.40. The van der Waals surface area contributed by atoms with Crippen molar-refractivity contribution in [3.8, 4) is 0 Å². The Kier molecular flexibility index (Phi) is 5.03. The number of benzene rings is 1. The number of nitrogens with one attached hydrogen (secondary N) is 2. The normalized spacial score (nSPS) is 15.6. The average molecular weight is 306 g/mol. The van der Waals surface area contributed by atoms with Crippen molar-refractivity contribution in [3.63, 3.8) is 0 Å². The van der Waals surface area contributed by atoms with Gasteiger partial charge in [0.1, 0.15) is 0 Å². The van der Waals surface area contributed by atoms with E-state index in [1.54, 1.807) is 18.2 Å². The largest absolute Gasteiger partial charge is 0.465 e. The molecular formula is C16H22N2O4. The second-order valence-electron chi connectivity index (χ2n) is 5.73. The first-order chi connectivity index (χ1) is 10.4. The second kappa shape index (κ2) is 6.79. The molecule has 1 aromatic rings. The molecule has 0 saturated heterocycles. The van der Waals surface area contributed by atoms with Crippen LogP contribution in [0.3, 0.4) is 0 Å². The van der Waals surface area contributed by atoms with Crippen LogP contribution in [0.2, 0.25) is 0 Å². The van der Waals surface area contributed by atoms with Gasteiger partial charge in [-0.05, 0) is 50.3 Å². The summed E-state index contributed by atoms with van der Waals surface area (Å²) in [5.41, 5.74) is 1.18. The summed E-state index contributed by atoms with van der Waals surface area (Å²) in [5.74, 6) is -0.448. The average Bonchev–Trinajstić information content (AvgIpc) is 2.47. The van der Waals surface area contributed by atoms with E-state index in [4.69, 9.17) is 0 Å². The van der Waals surface area contributed by atoms with E-state index in [9.17, 15) is 14.7 Å². The molecule has 120 valence electrons. The van der Waals surface area contributed by atoms with Crippen LogP contribution in [0.1, 0.15) is 41.6 Å². The van der Waals surface area contributed by atoms with Crippen molar-refractivity contribution in [3.05, 3.63) is 29.3 Å².